The zero-order valence-electron chi connectivity index (χ0n) is 10.4. The standard InChI is InChI=1S/C12H20N4S/c1-13-12(16-9-10-17-2)15-8-6-11-5-3-4-7-14-11/h3-5,7H,6,8-10H2,1-2H3,(H2,13,15,16). The molecule has 0 radical (unpaired) electrons. The maximum Gasteiger partial charge on any atom is 0.191 e. The Morgan fingerprint density at radius 3 is 2.82 bits per heavy atom. The van der Waals surface area contributed by atoms with Gasteiger partial charge in [0.05, 0.1) is 0 Å². The molecule has 0 spiro atoms. The van der Waals surface area contributed by atoms with Crippen molar-refractivity contribution in [1.82, 2.24) is 15.6 Å². The minimum absolute atomic E-state index is 0.843. The van der Waals surface area contributed by atoms with Gasteiger partial charge in [-0.3, -0.25) is 9.98 Å². The lowest BCUT2D eigenvalue weighted by Crippen LogP contribution is -2.39. The number of rotatable bonds is 6. The zero-order chi connectivity index (χ0) is 12.3. The average molecular weight is 252 g/mol. The lowest BCUT2D eigenvalue weighted by molar-refractivity contribution is 0.798. The summed E-state index contributed by atoms with van der Waals surface area (Å²) in [6, 6.07) is 5.97. The predicted molar refractivity (Wildman–Crippen MR) is 75.7 cm³/mol. The van der Waals surface area contributed by atoms with Gasteiger partial charge in [0.2, 0.25) is 0 Å². The summed E-state index contributed by atoms with van der Waals surface area (Å²) in [5.41, 5.74) is 1.10. The molecule has 0 fully saturated rings. The third-order valence-corrected chi connectivity index (χ3v) is 2.83. The summed E-state index contributed by atoms with van der Waals surface area (Å²) in [5.74, 6) is 1.94. The molecule has 0 aliphatic carbocycles. The second-order valence-electron chi connectivity index (χ2n) is 3.49. The van der Waals surface area contributed by atoms with Gasteiger partial charge in [-0.05, 0) is 18.4 Å². The molecular formula is C12H20N4S. The van der Waals surface area contributed by atoms with Crippen LogP contribution in [-0.4, -0.2) is 43.1 Å². The molecule has 1 heterocycles. The first-order chi connectivity index (χ1) is 8.36. The Kier molecular flexibility index (Phi) is 7.22. The maximum absolute atomic E-state index is 4.27. The highest BCUT2D eigenvalue weighted by atomic mass is 32.2. The van der Waals surface area contributed by atoms with Gasteiger partial charge in [-0.15, -0.1) is 0 Å². The fraction of sp³-hybridized carbons (Fsp3) is 0.500. The van der Waals surface area contributed by atoms with Crippen LogP contribution in [0.5, 0.6) is 0 Å². The topological polar surface area (TPSA) is 49.3 Å². The fourth-order valence-corrected chi connectivity index (χ4v) is 1.65. The number of hydrogen-bond donors (Lipinski definition) is 2. The van der Waals surface area contributed by atoms with Gasteiger partial charge >= 0.3 is 0 Å². The number of aromatic nitrogens is 1. The molecule has 0 bridgehead atoms. The molecule has 17 heavy (non-hydrogen) atoms. The molecule has 4 nitrogen and oxygen atoms in total. The van der Waals surface area contributed by atoms with Crippen LogP contribution in [-0.2, 0) is 6.42 Å². The van der Waals surface area contributed by atoms with Gasteiger partial charge in [-0.2, -0.15) is 11.8 Å². The van der Waals surface area contributed by atoms with Crippen LogP contribution in [0.25, 0.3) is 0 Å². The molecule has 0 unspecified atom stereocenters. The summed E-state index contributed by atoms with van der Waals surface area (Å²) < 4.78 is 0. The van der Waals surface area contributed by atoms with Crippen LogP contribution in [0.2, 0.25) is 0 Å². The molecule has 94 valence electrons. The van der Waals surface area contributed by atoms with Crippen LogP contribution < -0.4 is 10.6 Å². The third-order valence-electron chi connectivity index (χ3n) is 2.22. The van der Waals surface area contributed by atoms with Crippen molar-refractivity contribution in [3.8, 4) is 0 Å². The molecule has 1 rings (SSSR count). The summed E-state index contributed by atoms with van der Waals surface area (Å²) in [6.45, 7) is 1.78. The molecular weight excluding hydrogens is 232 g/mol. The van der Waals surface area contributed by atoms with E-state index in [9.17, 15) is 0 Å². The molecule has 0 amide bonds. The molecule has 0 saturated carbocycles. The Morgan fingerprint density at radius 1 is 1.35 bits per heavy atom. The summed E-state index contributed by atoms with van der Waals surface area (Å²) in [7, 11) is 1.79. The summed E-state index contributed by atoms with van der Waals surface area (Å²) in [4.78, 5) is 8.43. The van der Waals surface area contributed by atoms with Crippen LogP contribution in [0, 0.1) is 0 Å². The number of nitrogens with one attached hydrogen (secondary N) is 2. The van der Waals surface area contributed by atoms with E-state index in [0.717, 1.165) is 36.9 Å². The van der Waals surface area contributed by atoms with Crippen molar-refractivity contribution in [3.05, 3.63) is 30.1 Å². The minimum Gasteiger partial charge on any atom is -0.356 e. The quantitative estimate of drug-likeness (QED) is 0.453. The highest BCUT2D eigenvalue weighted by Crippen LogP contribution is 1.93. The SMILES string of the molecule is CN=C(NCCSC)NCCc1ccccn1. The molecule has 5 heteroatoms. The number of nitrogens with zero attached hydrogens (tertiary/aromatic N) is 2. The molecule has 0 saturated heterocycles. The van der Waals surface area contributed by atoms with E-state index in [-0.39, 0.29) is 0 Å². The zero-order valence-corrected chi connectivity index (χ0v) is 11.3. The van der Waals surface area contributed by atoms with Crippen LogP contribution in [0.4, 0.5) is 0 Å². The van der Waals surface area contributed by atoms with Gasteiger partial charge in [0.1, 0.15) is 0 Å². The highest BCUT2D eigenvalue weighted by Gasteiger charge is 1.97. The van der Waals surface area contributed by atoms with E-state index in [0.29, 0.717) is 0 Å². The lowest BCUT2D eigenvalue weighted by atomic mass is 10.3. The largest absolute Gasteiger partial charge is 0.356 e. The Hall–Kier alpha value is -1.23. The molecule has 1 aromatic heterocycles. The van der Waals surface area contributed by atoms with Crippen molar-refractivity contribution in [2.75, 3.05) is 32.1 Å². The van der Waals surface area contributed by atoms with Gasteiger partial charge in [0.15, 0.2) is 5.96 Å². The Labute approximate surface area is 107 Å². The Bertz CT molecular complexity index is 327. The van der Waals surface area contributed by atoms with E-state index in [1.807, 2.05) is 36.2 Å². The number of pyridine rings is 1. The fourth-order valence-electron chi connectivity index (χ4n) is 1.35. The minimum atomic E-state index is 0.843. The van der Waals surface area contributed by atoms with Gasteiger partial charge in [-0.25, -0.2) is 0 Å². The first-order valence-electron chi connectivity index (χ1n) is 5.70. The van der Waals surface area contributed by atoms with E-state index in [1.165, 1.54) is 0 Å². The second kappa shape index (κ2) is 8.87. The van der Waals surface area contributed by atoms with Crippen molar-refractivity contribution in [3.63, 3.8) is 0 Å². The van der Waals surface area contributed by atoms with Crippen LogP contribution in [0.1, 0.15) is 5.69 Å². The lowest BCUT2D eigenvalue weighted by Gasteiger charge is -2.10. The van der Waals surface area contributed by atoms with Crippen LogP contribution in [0.15, 0.2) is 29.4 Å². The summed E-state index contributed by atoms with van der Waals surface area (Å²) >= 11 is 1.82. The van der Waals surface area contributed by atoms with Crippen molar-refractivity contribution in [2.24, 2.45) is 4.99 Å². The number of guanidine groups is 1. The monoisotopic (exact) mass is 252 g/mol. The van der Waals surface area contributed by atoms with Gasteiger partial charge < -0.3 is 10.6 Å². The second-order valence-corrected chi connectivity index (χ2v) is 4.48. The Morgan fingerprint density at radius 2 is 2.18 bits per heavy atom. The Balaban J connectivity index is 2.20. The molecule has 0 aliphatic heterocycles. The van der Waals surface area contributed by atoms with Crippen LogP contribution in [0.3, 0.4) is 0 Å². The normalized spacial score (nSPS) is 11.3. The highest BCUT2D eigenvalue weighted by molar-refractivity contribution is 7.98. The average Bonchev–Trinajstić information content (AvgIpc) is 2.38. The van der Waals surface area contributed by atoms with E-state index in [4.69, 9.17) is 0 Å². The molecule has 0 aromatic carbocycles. The van der Waals surface area contributed by atoms with Crippen molar-refractivity contribution < 1.29 is 0 Å². The molecule has 0 atom stereocenters. The van der Waals surface area contributed by atoms with E-state index in [2.05, 4.69) is 26.9 Å². The van der Waals surface area contributed by atoms with Gasteiger partial charge in [0, 0.05) is 44.2 Å². The molecule has 2 N–H and O–H groups in total. The summed E-state index contributed by atoms with van der Waals surface area (Å²) in [5, 5.41) is 6.52. The number of aliphatic imine (C=N–C) groups is 1. The van der Waals surface area contributed by atoms with Crippen LogP contribution >= 0.6 is 11.8 Å². The van der Waals surface area contributed by atoms with Gasteiger partial charge in [-0.1, -0.05) is 6.07 Å². The van der Waals surface area contributed by atoms with Gasteiger partial charge in [0.25, 0.3) is 0 Å². The van der Waals surface area contributed by atoms with E-state index in [1.54, 1.807) is 7.05 Å². The smallest absolute Gasteiger partial charge is 0.191 e. The predicted octanol–water partition coefficient (Wildman–Crippen LogP) is 1.15. The molecule has 0 aliphatic rings. The number of hydrogen-bond acceptors (Lipinski definition) is 3. The summed E-state index contributed by atoms with van der Waals surface area (Å²) in [6.07, 6.45) is 4.82. The van der Waals surface area contributed by atoms with Crippen molar-refractivity contribution >= 4 is 17.7 Å². The number of thioether (sulfide) groups is 1. The third kappa shape index (κ3) is 6.16. The first kappa shape index (κ1) is 13.8. The van der Waals surface area contributed by atoms with Crippen molar-refractivity contribution in [1.29, 1.82) is 0 Å². The van der Waals surface area contributed by atoms with Crippen molar-refractivity contribution in [2.45, 2.75) is 6.42 Å². The maximum atomic E-state index is 4.27. The van der Waals surface area contributed by atoms with E-state index < -0.39 is 0 Å². The molecule has 1 aromatic rings. The first-order valence-corrected chi connectivity index (χ1v) is 7.09. The van der Waals surface area contributed by atoms with E-state index >= 15 is 0 Å².